The summed E-state index contributed by atoms with van der Waals surface area (Å²) >= 11 is 0. The Morgan fingerprint density at radius 2 is 2.06 bits per heavy atom. The van der Waals surface area contributed by atoms with Crippen molar-refractivity contribution in [1.82, 2.24) is 10.3 Å². The predicted octanol–water partition coefficient (Wildman–Crippen LogP) is 2.87. The van der Waals surface area contributed by atoms with Crippen LogP contribution in [0.15, 0.2) is 36.7 Å². The van der Waals surface area contributed by atoms with Gasteiger partial charge in [0.25, 0.3) is 0 Å². The van der Waals surface area contributed by atoms with Crippen LogP contribution in [-0.4, -0.2) is 12.0 Å². The molecule has 2 aromatic rings. The fourth-order valence-electron chi connectivity index (χ4n) is 1.50. The topological polar surface area (TPSA) is 34.2 Å². The van der Waals surface area contributed by atoms with Crippen LogP contribution in [0, 0.1) is 11.6 Å². The largest absolute Gasteiger partial charge is 0.457 e. The molecule has 0 saturated carbocycles. The van der Waals surface area contributed by atoms with Crippen LogP contribution >= 0.6 is 0 Å². The number of nitrogens with one attached hydrogen (secondary N) is 1. The number of benzene rings is 1. The van der Waals surface area contributed by atoms with Crippen LogP contribution in [0.2, 0.25) is 0 Å². The SMILES string of the molecule is CNCc1cnccc1Oc1ccc(F)c(F)c1. The zero-order valence-electron chi connectivity index (χ0n) is 9.78. The van der Waals surface area contributed by atoms with Crippen molar-refractivity contribution in [2.24, 2.45) is 0 Å². The van der Waals surface area contributed by atoms with E-state index >= 15 is 0 Å². The van der Waals surface area contributed by atoms with Crippen LogP contribution in [0.5, 0.6) is 11.5 Å². The molecule has 5 heteroatoms. The molecule has 1 N–H and O–H groups in total. The van der Waals surface area contributed by atoms with E-state index < -0.39 is 11.6 Å². The van der Waals surface area contributed by atoms with Gasteiger partial charge in [0.2, 0.25) is 0 Å². The van der Waals surface area contributed by atoms with Gasteiger partial charge in [-0.2, -0.15) is 0 Å². The van der Waals surface area contributed by atoms with Gasteiger partial charge in [-0.1, -0.05) is 0 Å². The average molecular weight is 250 g/mol. The normalized spacial score (nSPS) is 10.4. The van der Waals surface area contributed by atoms with Gasteiger partial charge in [0.05, 0.1) is 0 Å². The number of hydrogen-bond donors (Lipinski definition) is 1. The molecule has 1 aromatic heterocycles. The summed E-state index contributed by atoms with van der Waals surface area (Å²) in [6.45, 7) is 0.576. The van der Waals surface area contributed by atoms with E-state index in [0.717, 1.165) is 17.7 Å². The first kappa shape index (κ1) is 12.4. The minimum absolute atomic E-state index is 0.248. The zero-order valence-corrected chi connectivity index (χ0v) is 9.78. The third-order valence-corrected chi connectivity index (χ3v) is 2.34. The Kier molecular flexibility index (Phi) is 3.84. The second-order valence-corrected chi connectivity index (χ2v) is 3.69. The van der Waals surface area contributed by atoms with Gasteiger partial charge < -0.3 is 10.1 Å². The van der Waals surface area contributed by atoms with Gasteiger partial charge in [-0.3, -0.25) is 4.98 Å². The molecule has 1 heterocycles. The maximum absolute atomic E-state index is 13.1. The highest BCUT2D eigenvalue weighted by atomic mass is 19.2. The first-order chi connectivity index (χ1) is 8.70. The van der Waals surface area contributed by atoms with Crippen LogP contribution in [0.4, 0.5) is 8.78 Å². The average Bonchev–Trinajstić information content (AvgIpc) is 2.37. The highest BCUT2D eigenvalue weighted by Crippen LogP contribution is 2.25. The molecular weight excluding hydrogens is 238 g/mol. The van der Waals surface area contributed by atoms with E-state index in [1.807, 2.05) is 0 Å². The number of nitrogens with zero attached hydrogens (tertiary/aromatic N) is 1. The van der Waals surface area contributed by atoms with E-state index in [4.69, 9.17) is 4.74 Å². The molecule has 0 saturated heterocycles. The Hall–Kier alpha value is -2.01. The monoisotopic (exact) mass is 250 g/mol. The lowest BCUT2D eigenvalue weighted by Crippen LogP contribution is -2.06. The predicted molar refractivity (Wildman–Crippen MR) is 63.4 cm³/mol. The Balaban J connectivity index is 2.25. The maximum atomic E-state index is 13.1. The van der Waals surface area contributed by atoms with Crippen LogP contribution in [0.1, 0.15) is 5.56 Å². The molecule has 0 atom stereocenters. The Bertz CT molecular complexity index is 546. The van der Waals surface area contributed by atoms with E-state index in [9.17, 15) is 8.78 Å². The van der Waals surface area contributed by atoms with Gasteiger partial charge >= 0.3 is 0 Å². The number of halogens is 2. The molecule has 0 aliphatic carbocycles. The van der Waals surface area contributed by atoms with Crippen LogP contribution in [0.3, 0.4) is 0 Å². The van der Waals surface area contributed by atoms with Crippen LogP contribution in [-0.2, 0) is 6.54 Å². The fourth-order valence-corrected chi connectivity index (χ4v) is 1.50. The van der Waals surface area contributed by atoms with E-state index in [-0.39, 0.29) is 5.75 Å². The van der Waals surface area contributed by atoms with Crippen LogP contribution < -0.4 is 10.1 Å². The second kappa shape index (κ2) is 5.55. The molecule has 18 heavy (non-hydrogen) atoms. The summed E-state index contributed by atoms with van der Waals surface area (Å²) in [5.41, 5.74) is 0.838. The van der Waals surface area contributed by atoms with Gasteiger partial charge in [-0.25, -0.2) is 8.78 Å². The molecule has 0 aliphatic heterocycles. The van der Waals surface area contributed by atoms with Crippen molar-refractivity contribution >= 4 is 0 Å². The lowest BCUT2D eigenvalue weighted by molar-refractivity contribution is 0.455. The third-order valence-electron chi connectivity index (χ3n) is 2.34. The van der Waals surface area contributed by atoms with Crippen molar-refractivity contribution in [2.75, 3.05) is 7.05 Å². The quantitative estimate of drug-likeness (QED) is 0.906. The summed E-state index contributed by atoms with van der Waals surface area (Å²) in [4.78, 5) is 3.98. The van der Waals surface area contributed by atoms with Gasteiger partial charge in [0, 0.05) is 30.6 Å². The molecule has 0 amide bonds. The molecule has 0 bridgehead atoms. The van der Waals surface area contributed by atoms with Gasteiger partial charge in [-0.15, -0.1) is 0 Å². The van der Waals surface area contributed by atoms with Crippen molar-refractivity contribution in [3.8, 4) is 11.5 Å². The lowest BCUT2D eigenvalue weighted by atomic mass is 10.2. The molecule has 3 nitrogen and oxygen atoms in total. The highest BCUT2D eigenvalue weighted by molar-refractivity contribution is 5.36. The molecular formula is C13H12F2N2O. The van der Waals surface area contributed by atoms with Gasteiger partial charge in [-0.05, 0) is 25.2 Å². The van der Waals surface area contributed by atoms with E-state index in [2.05, 4.69) is 10.3 Å². The van der Waals surface area contributed by atoms with Gasteiger partial charge in [0.15, 0.2) is 11.6 Å². The van der Waals surface area contributed by atoms with Crippen molar-refractivity contribution in [3.63, 3.8) is 0 Å². The standard InChI is InChI=1S/C13H12F2N2O/c1-16-7-9-8-17-5-4-13(9)18-10-2-3-11(14)12(15)6-10/h2-6,8,16H,7H2,1H3. The van der Waals surface area contributed by atoms with Gasteiger partial charge in [0.1, 0.15) is 11.5 Å². The number of aromatic nitrogens is 1. The Morgan fingerprint density at radius 3 is 2.78 bits per heavy atom. The third kappa shape index (κ3) is 2.81. The van der Waals surface area contributed by atoms with Crippen molar-refractivity contribution in [2.45, 2.75) is 6.54 Å². The number of pyridine rings is 1. The Morgan fingerprint density at radius 1 is 1.22 bits per heavy atom. The molecule has 0 fully saturated rings. The van der Waals surface area contributed by atoms with E-state index in [1.54, 1.807) is 25.5 Å². The molecule has 0 unspecified atom stereocenters. The van der Waals surface area contributed by atoms with Crippen molar-refractivity contribution < 1.29 is 13.5 Å². The molecule has 0 spiro atoms. The summed E-state index contributed by atoms with van der Waals surface area (Å²) < 4.78 is 31.3. The van der Waals surface area contributed by atoms with E-state index in [0.29, 0.717) is 12.3 Å². The smallest absolute Gasteiger partial charge is 0.162 e. The van der Waals surface area contributed by atoms with Crippen molar-refractivity contribution in [1.29, 1.82) is 0 Å². The summed E-state index contributed by atoms with van der Waals surface area (Å²) in [5, 5.41) is 2.98. The number of ether oxygens (including phenoxy) is 1. The molecule has 0 aliphatic rings. The van der Waals surface area contributed by atoms with E-state index in [1.165, 1.54) is 6.07 Å². The minimum atomic E-state index is -0.934. The summed E-state index contributed by atoms with van der Waals surface area (Å²) in [6, 6.07) is 5.10. The first-order valence-electron chi connectivity index (χ1n) is 5.41. The number of hydrogen-bond acceptors (Lipinski definition) is 3. The van der Waals surface area contributed by atoms with Crippen molar-refractivity contribution in [3.05, 3.63) is 53.9 Å². The molecule has 94 valence electrons. The lowest BCUT2D eigenvalue weighted by Gasteiger charge is -2.10. The molecule has 0 radical (unpaired) electrons. The molecule has 1 aromatic carbocycles. The number of rotatable bonds is 4. The highest BCUT2D eigenvalue weighted by Gasteiger charge is 2.07. The summed E-state index contributed by atoms with van der Waals surface area (Å²) in [6.07, 6.45) is 3.24. The van der Waals surface area contributed by atoms with Crippen LogP contribution in [0.25, 0.3) is 0 Å². The minimum Gasteiger partial charge on any atom is -0.457 e. The summed E-state index contributed by atoms with van der Waals surface area (Å²) in [5.74, 6) is -1.02. The second-order valence-electron chi connectivity index (χ2n) is 3.69. The Labute approximate surface area is 103 Å². The summed E-state index contributed by atoms with van der Waals surface area (Å²) in [7, 11) is 1.80. The molecule has 2 rings (SSSR count). The maximum Gasteiger partial charge on any atom is 0.162 e. The zero-order chi connectivity index (χ0) is 13.0. The first-order valence-corrected chi connectivity index (χ1v) is 5.41. The fraction of sp³-hybridized carbons (Fsp3) is 0.154.